The SMILES string of the molecule is O=C1COc2ccccc2C(=O)N1CCCN1CCN(c2ncccn2)CC1. The first kappa shape index (κ1) is 18.4. The van der Waals surface area contributed by atoms with Crippen molar-refractivity contribution >= 4 is 17.8 Å². The van der Waals surface area contributed by atoms with Crippen molar-refractivity contribution in [3.05, 3.63) is 48.3 Å². The number of aromatic nitrogens is 2. The van der Waals surface area contributed by atoms with Gasteiger partial charge in [-0.15, -0.1) is 0 Å². The Morgan fingerprint density at radius 2 is 1.68 bits per heavy atom. The van der Waals surface area contributed by atoms with Gasteiger partial charge in [0.25, 0.3) is 11.8 Å². The van der Waals surface area contributed by atoms with Crippen LogP contribution >= 0.6 is 0 Å². The summed E-state index contributed by atoms with van der Waals surface area (Å²) in [6, 6.07) is 8.82. The summed E-state index contributed by atoms with van der Waals surface area (Å²) in [4.78, 5) is 39.5. The molecule has 4 rings (SSSR count). The van der Waals surface area contributed by atoms with Crippen LogP contribution in [0.1, 0.15) is 16.8 Å². The van der Waals surface area contributed by atoms with Gasteiger partial charge in [-0.1, -0.05) is 12.1 Å². The first-order valence-electron chi connectivity index (χ1n) is 9.53. The summed E-state index contributed by atoms with van der Waals surface area (Å²) in [6.45, 7) is 4.69. The number of benzene rings is 1. The van der Waals surface area contributed by atoms with E-state index in [1.165, 1.54) is 4.90 Å². The predicted molar refractivity (Wildman–Crippen MR) is 103 cm³/mol. The Morgan fingerprint density at radius 3 is 2.46 bits per heavy atom. The van der Waals surface area contributed by atoms with Gasteiger partial charge in [0.15, 0.2) is 6.61 Å². The monoisotopic (exact) mass is 381 g/mol. The maximum Gasteiger partial charge on any atom is 0.267 e. The Balaban J connectivity index is 1.28. The van der Waals surface area contributed by atoms with Crippen molar-refractivity contribution in [2.75, 3.05) is 50.8 Å². The minimum absolute atomic E-state index is 0.0987. The molecule has 2 aliphatic rings. The van der Waals surface area contributed by atoms with Crippen molar-refractivity contribution in [1.82, 2.24) is 19.8 Å². The Bertz CT molecular complexity index is 837. The lowest BCUT2D eigenvalue weighted by Crippen LogP contribution is -2.48. The molecule has 1 saturated heterocycles. The second kappa shape index (κ2) is 8.35. The minimum atomic E-state index is -0.285. The van der Waals surface area contributed by atoms with Gasteiger partial charge in [-0.05, 0) is 31.2 Å². The topological polar surface area (TPSA) is 78.9 Å². The fourth-order valence-electron chi connectivity index (χ4n) is 3.55. The highest BCUT2D eigenvalue weighted by Crippen LogP contribution is 2.23. The molecule has 0 saturated carbocycles. The summed E-state index contributed by atoms with van der Waals surface area (Å²) in [5.74, 6) is 0.681. The van der Waals surface area contributed by atoms with E-state index in [4.69, 9.17) is 4.74 Å². The molecule has 0 aliphatic carbocycles. The summed E-state index contributed by atoms with van der Waals surface area (Å²) in [5, 5.41) is 0. The molecular formula is C20H23N5O3. The Kier molecular flexibility index (Phi) is 5.48. The molecule has 8 heteroatoms. The van der Waals surface area contributed by atoms with Crippen LogP contribution in [-0.2, 0) is 4.79 Å². The van der Waals surface area contributed by atoms with E-state index >= 15 is 0 Å². The summed E-state index contributed by atoms with van der Waals surface area (Å²) in [6.07, 6.45) is 4.25. The maximum absolute atomic E-state index is 12.7. The number of hydrogen-bond acceptors (Lipinski definition) is 7. The third-order valence-electron chi connectivity index (χ3n) is 5.08. The molecule has 2 aliphatic heterocycles. The van der Waals surface area contributed by atoms with Crippen LogP contribution in [0.2, 0.25) is 0 Å². The fraction of sp³-hybridized carbons (Fsp3) is 0.400. The Morgan fingerprint density at radius 1 is 0.929 bits per heavy atom. The van der Waals surface area contributed by atoms with Crippen molar-refractivity contribution in [3.8, 4) is 5.75 Å². The van der Waals surface area contributed by atoms with Crippen LogP contribution < -0.4 is 9.64 Å². The zero-order valence-electron chi connectivity index (χ0n) is 15.7. The molecule has 2 aromatic rings. The van der Waals surface area contributed by atoms with E-state index in [-0.39, 0.29) is 18.4 Å². The molecule has 146 valence electrons. The van der Waals surface area contributed by atoms with Gasteiger partial charge in [0.1, 0.15) is 5.75 Å². The number of imide groups is 1. The number of nitrogens with zero attached hydrogens (tertiary/aromatic N) is 5. The number of amides is 2. The third-order valence-corrected chi connectivity index (χ3v) is 5.08. The Hall–Kier alpha value is -3.00. The van der Waals surface area contributed by atoms with Crippen LogP contribution in [0.5, 0.6) is 5.75 Å². The van der Waals surface area contributed by atoms with Gasteiger partial charge in [-0.2, -0.15) is 0 Å². The number of carbonyl (C=O) groups excluding carboxylic acids is 2. The van der Waals surface area contributed by atoms with Crippen molar-refractivity contribution < 1.29 is 14.3 Å². The molecule has 0 unspecified atom stereocenters. The average Bonchev–Trinajstić information content (AvgIpc) is 2.87. The second-order valence-corrected chi connectivity index (χ2v) is 6.87. The molecule has 0 bridgehead atoms. The maximum atomic E-state index is 12.7. The highest BCUT2D eigenvalue weighted by molar-refractivity contribution is 6.07. The van der Waals surface area contributed by atoms with Crippen LogP contribution in [0, 0.1) is 0 Å². The van der Waals surface area contributed by atoms with Crippen LogP contribution in [0.25, 0.3) is 0 Å². The zero-order valence-corrected chi connectivity index (χ0v) is 15.7. The molecule has 0 N–H and O–H groups in total. The van der Waals surface area contributed by atoms with E-state index in [1.807, 2.05) is 6.07 Å². The summed E-state index contributed by atoms with van der Waals surface area (Å²) in [5.41, 5.74) is 0.449. The molecule has 8 nitrogen and oxygen atoms in total. The quantitative estimate of drug-likeness (QED) is 0.717. The largest absolute Gasteiger partial charge is 0.483 e. The van der Waals surface area contributed by atoms with Gasteiger partial charge < -0.3 is 9.64 Å². The van der Waals surface area contributed by atoms with E-state index < -0.39 is 0 Å². The standard InChI is InChI=1S/C20H23N5O3/c26-18-15-28-17-6-2-1-5-16(17)19(27)25(18)10-4-9-23-11-13-24(14-12-23)20-21-7-3-8-22-20/h1-3,5-8H,4,9-15H2. The van der Waals surface area contributed by atoms with Gasteiger partial charge in [-0.25, -0.2) is 9.97 Å². The molecular weight excluding hydrogens is 358 g/mol. The number of rotatable bonds is 5. The second-order valence-electron chi connectivity index (χ2n) is 6.87. The third kappa shape index (κ3) is 3.96. The van der Waals surface area contributed by atoms with Crippen molar-refractivity contribution in [3.63, 3.8) is 0 Å². The minimum Gasteiger partial charge on any atom is -0.483 e. The molecule has 28 heavy (non-hydrogen) atoms. The van der Waals surface area contributed by atoms with Crippen LogP contribution in [0.4, 0.5) is 5.95 Å². The van der Waals surface area contributed by atoms with Crippen molar-refractivity contribution in [2.24, 2.45) is 0 Å². The average molecular weight is 381 g/mol. The number of piperazine rings is 1. The van der Waals surface area contributed by atoms with Gasteiger partial charge in [-0.3, -0.25) is 19.4 Å². The highest BCUT2D eigenvalue weighted by atomic mass is 16.5. The van der Waals surface area contributed by atoms with Crippen molar-refractivity contribution in [1.29, 1.82) is 0 Å². The lowest BCUT2D eigenvalue weighted by atomic mass is 10.1. The van der Waals surface area contributed by atoms with Gasteiger partial charge in [0.2, 0.25) is 5.95 Å². The Labute approximate surface area is 163 Å². The number of hydrogen-bond donors (Lipinski definition) is 0. The highest BCUT2D eigenvalue weighted by Gasteiger charge is 2.29. The molecule has 1 aromatic carbocycles. The number of anilines is 1. The van der Waals surface area contributed by atoms with Crippen LogP contribution in [-0.4, -0.2) is 77.5 Å². The predicted octanol–water partition coefficient (Wildman–Crippen LogP) is 1.05. The first-order valence-corrected chi connectivity index (χ1v) is 9.53. The van der Waals surface area contributed by atoms with E-state index in [0.29, 0.717) is 17.9 Å². The van der Waals surface area contributed by atoms with Crippen molar-refractivity contribution in [2.45, 2.75) is 6.42 Å². The number of fused-ring (bicyclic) bond motifs is 1. The lowest BCUT2D eigenvalue weighted by molar-refractivity contribution is -0.130. The lowest BCUT2D eigenvalue weighted by Gasteiger charge is -2.34. The van der Waals surface area contributed by atoms with E-state index in [1.54, 1.807) is 36.7 Å². The summed E-state index contributed by atoms with van der Waals surface area (Å²) < 4.78 is 5.47. The molecule has 3 heterocycles. The van der Waals surface area contributed by atoms with Gasteiger partial charge >= 0.3 is 0 Å². The molecule has 2 amide bonds. The fourth-order valence-corrected chi connectivity index (χ4v) is 3.55. The van der Waals surface area contributed by atoms with E-state index in [0.717, 1.165) is 45.1 Å². The molecule has 0 atom stereocenters. The van der Waals surface area contributed by atoms with Gasteiger partial charge in [0.05, 0.1) is 5.56 Å². The van der Waals surface area contributed by atoms with E-state index in [9.17, 15) is 9.59 Å². The van der Waals surface area contributed by atoms with Crippen LogP contribution in [0.15, 0.2) is 42.7 Å². The number of para-hydroxylation sites is 1. The summed E-state index contributed by atoms with van der Waals surface area (Å²) in [7, 11) is 0. The van der Waals surface area contributed by atoms with E-state index in [2.05, 4.69) is 19.8 Å². The molecule has 1 fully saturated rings. The zero-order chi connectivity index (χ0) is 19.3. The number of carbonyl (C=O) groups is 2. The number of ether oxygens (including phenoxy) is 1. The molecule has 0 radical (unpaired) electrons. The smallest absolute Gasteiger partial charge is 0.267 e. The molecule has 1 aromatic heterocycles. The first-order chi connectivity index (χ1) is 13.7. The normalized spacial score (nSPS) is 17.9. The van der Waals surface area contributed by atoms with Crippen LogP contribution in [0.3, 0.4) is 0 Å². The summed E-state index contributed by atoms with van der Waals surface area (Å²) >= 11 is 0. The van der Waals surface area contributed by atoms with Gasteiger partial charge in [0, 0.05) is 45.1 Å². The molecule has 0 spiro atoms.